The number of rotatable bonds is 2. The lowest BCUT2D eigenvalue weighted by Gasteiger charge is -1.99. The van der Waals surface area contributed by atoms with Gasteiger partial charge in [-0.05, 0) is 38.4 Å². The van der Waals surface area contributed by atoms with Gasteiger partial charge in [-0.25, -0.2) is 0 Å². The van der Waals surface area contributed by atoms with Crippen molar-refractivity contribution in [3.05, 3.63) is 35.4 Å². The maximum absolute atomic E-state index is 5.36. The molecule has 0 radical (unpaired) electrons. The molecule has 0 aromatic heterocycles. The molecule has 4 heteroatoms. The first-order valence-corrected chi connectivity index (χ1v) is 7.26. The van der Waals surface area contributed by atoms with Crippen LogP contribution in [0, 0.1) is 6.92 Å². The van der Waals surface area contributed by atoms with Gasteiger partial charge in [-0.15, -0.1) is 0 Å². The average molecular weight is 268 g/mol. The van der Waals surface area contributed by atoms with Gasteiger partial charge in [0.05, 0.1) is 0 Å². The van der Waals surface area contributed by atoms with Crippen molar-refractivity contribution in [2.24, 2.45) is 5.73 Å². The number of aryl methyl sites for hydroxylation is 1. The fourth-order valence-corrected chi connectivity index (χ4v) is 2.14. The van der Waals surface area contributed by atoms with Gasteiger partial charge in [0, 0.05) is 5.75 Å². The fourth-order valence-electron chi connectivity index (χ4n) is 1.46. The lowest BCUT2D eigenvalue weighted by atomic mass is 10.2. The highest BCUT2D eigenvalue weighted by molar-refractivity contribution is 8.22. The van der Waals surface area contributed by atoms with Crippen molar-refractivity contribution in [2.75, 3.05) is 13.1 Å². The molecule has 2 nitrogen and oxygen atoms in total. The number of nitrogens with two attached hydrogens (primary N) is 1. The summed E-state index contributed by atoms with van der Waals surface area (Å²) in [6.45, 7) is 4.57. The quantitative estimate of drug-likeness (QED) is 0.809. The van der Waals surface area contributed by atoms with Crippen LogP contribution in [0.2, 0.25) is 0 Å². The SMILES string of the molecule is C1CCNC1.Cc1ccc(CSC(N)=S)cc1. The standard InChI is InChI=1S/C9H11NS2.C4H9N/c1-7-2-4-8(5-3-7)6-12-9(10)11;1-2-4-5-3-1/h2-5H,6H2,1H3,(H2,10,11);5H,1-4H2. The minimum atomic E-state index is 0.510. The number of hydrogen-bond donors (Lipinski definition) is 2. The molecule has 0 aliphatic carbocycles. The van der Waals surface area contributed by atoms with Crippen LogP contribution in [-0.2, 0) is 5.75 Å². The average Bonchev–Trinajstić information content (AvgIpc) is 2.87. The monoisotopic (exact) mass is 268 g/mol. The van der Waals surface area contributed by atoms with Gasteiger partial charge in [-0.3, -0.25) is 0 Å². The minimum absolute atomic E-state index is 0.510. The van der Waals surface area contributed by atoms with E-state index in [1.807, 2.05) is 0 Å². The van der Waals surface area contributed by atoms with Crippen LogP contribution in [0.3, 0.4) is 0 Å². The molecule has 17 heavy (non-hydrogen) atoms. The third-order valence-electron chi connectivity index (χ3n) is 2.46. The Morgan fingerprint density at radius 3 is 2.29 bits per heavy atom. The van der Waals surface area contributed by atoms with E-state index < -0.39 is 0 Å². The molecule has 0 bridgehead atoms. The Kier molecular flexibility index (Phi) is 7.24. The summed E-state index contributed by atoms with van der Waals surface area (Å²) in [6, 6.07) is 8.38. The van der Waals surface area contributed by atoms with Crippen LogP contribution in [0.4, 0.5) is 0 Å². The van der Waals surface area contributed by atoms with E-state index in [-0.39, 0.29) is 0 Å². The highest BCUT2D eigenvalue weighted by Crippen LogP contribution is 2.12. The maximum Gasteiger partial charge on any atom is 0.131 e. The van der Waals surface area contributed by atoms with Crippen molar-refractivity contribution in [3.8, 4) is 0 Å². The first kappa shape index (κ1) is 14.5. The molecule has 1 heterocycles. The maximum atomic E-state index is 5.36. The lowest BCUT2D eigenvalue weighted by molar-refractivity contribution is 0.857. The van der Waals surface area contributed by atoms with Crippen molar-refractivity contribution >= 4 is 28.3 Å². The summed E-state index contributed by atoms with van der Waals surface area (Å²) < 4.78 is 0.510. The second kappa shape index (κ2) is 8.50. The molecule has 1 aromatic rings. The van der Waals surface area contributed by atoms with Crippen LogP contribution >= 0.6 is 24.0 Å². The molecule has 1 fully saturated rings. The number of benzene rings is 1. The van der Waals surface area contributed by atoms with Gasteiger partial charge in [0.1, 0.15) is 4.32 Å². The van der Waals surface area contributed by atoms with Gasteiger partial charge >= 0.3 is 0 Å². The van der Waals surface area contributed by atoms with E-state index in [2.05, 4.69) is 36.5 Å². The van der Waals surface area contributed by atoms with Gasteiger partial charge < -0.3 is 11.1 Å². The van der Waals surface area contributed by atoms with E-state index in [4.69, 9.17) is 18.0 Å². The van der Waals surface area contributed by atoms with Crippen LogP contribution in [0.25, 0.3) is 0 Å². The fraction of sp³-hybridized carbons (Fsp3) is 0.462. The summed E-state index contributed by atoms with van der Waals surface area (Å²) in [5.41, 5.74) is 7.90. The second-order valence-corrected chi connectivity index (χ2v) is 5.77. The van der Waals surface area contributed by atoms with E-state index in [1.165, 1.54) is 48.8 Å². The molecule has 0 saturated carbocycles. The molecular weight excluding hydrogens is 248 g/mol. The normalized spacial score (nSPS) is 13.9. The molecular formula is C13H20N2S2. The number of nitrogens with one attached hydrogen (secondary N) is 1. The Labute approximate surface area is 113 Å². The summed E-state index contributed by atoms with van der Waals surface area (Å²) in [5.74, 6) is 0.871. The van der Waals surface area contributed by atoms with E-state index in [0.717, 1.165) is 5.75 Å². The Morgan fingerprint density at radius 1 is 1.29 bits per heavy atom. The van der Waals surface area contributed by atoms with E-state index in [9.17, 15) is 0 Å². The zero-order valence-electron chi connectivity index (χ0n) is 10.2. The second-order valence-electron chi connectivity index (χ2n) is 4.05. The molecule has 0 unspecified atom stereocenters. The van der Waals surface area contributed by atoms with Crippen molar-refractivity contribution in [1.82, 2.24) is 5.32 Å². The smallest absolute Gasteiger partial charge is 0.131 e. The van der Waals surface area contributed by atoms with Crippen molar-refractivity contribution in [2.45, 2.75) is 25.5 Å². The highest BCUT2D eigenvalue weighted by atomic mass is 32.2. The molecule has 1 aliphatic heterocycles. The van der Waals surface area contributed by atoms with Crippen LogP contribution in [0.5, 0.6) is 0 Å². The molecule has 1 saturated heterocycles. The molecule has 3 N–H and O–H groups in total. The van der Waals surface area contributed by atoms with Crippen LogP contribution in [0.1, 0.15) is 24.0 Å². The molecule has 1 aromatic carbocycles. The summed E-state index contributed by atoms with van der Waals surface area (Å²) in [7, 11) is 0. The van der Waals surface area contributed by atoms with E-state index in [1.54, 1.807) is 0 Å². The Hall–Kier alpha value is -0.580. The molecule has 94 valence electrons. The third-order valence-corrected chi connectivity index (χ3v) is 3.57. The lowest BCUT2D eigenvalue weighted by Crippen LogP contribution is -2.03. The molecule has 0 spiro atoms. The van der Waals surface area contributed by atoms with Gasteiger partial charge in [-0.2, -0.15) is 0 Å². The topological polar surface area (TPSA) is 38.0 Å². The zero-order valence-corrected chi connectivity index (χ0v) is 11.9. The summed E-state index contributed by atoms with van der Waals surface area (Å²) >= 11 is 6.26. The van der Waals surface area contributed by atoms with Gasteiger partial charge in [0.2, 0.25) is 0 Å². The van der Waals surface area contributed by atoms with Crippen LogP contribution in [0.15, 0.2) is 24.3 Å². The Morgan fingerprint density at radius 2 is 1.88 bits per heavy atom. The van der Waals surface area contributed by atoms with Crippen molar-refractivity contribution in [1.29, 1.82) is 0 Å². The Balaban J connectivity index is 0.000000239. The third kappa shape index (κ3) is 7.36. The van der Waals surface area contributed by atoms with E-state index >= 15 is 0 Å². The first-order valence-electron chi connectivity index (χ1n) is 5.87. The number of thioether (sulfide) groups is 1. The zero-order chi connectivity index (χ0) is 12.5. The molecule has 1 aliphatic rings. The minimum Gasteiger partial charge on any atom is -0.385 e. The van der Waals surface area contributed by atoms with Crippen LogP contribution < -0.4 is 11.1 Å². The highest BCUT2D eigenvalue weighted by Gasteiger charge is 1.94. The largest absolute Gasteiger partial charge is 0.385 e. The molecule has 2 rings (SSSR count). The van der Waals surface area contributed by atoms with Gasteiger partial charge in [-0.1, -0.05) is 53.8 Å². The van der Waals surface area contributed by atoms with Crippen molar-refractivity contribution < 1.29 is 0 Å². The van der Waals surface area contributed by atoms with Crippen LogP contribution in [-0.4, -0.2) is 17.4 Å². The Bertz CT molecular complexity index is 324. The van der Waals surface area contributed by atoms with Gasteiger partial charge in [0.15, 0.2) is 0 Å². The number of thiocarbonyl (C=S) groups is 1. The van der Waals surface area contributed by atoms with E-state index in [0.29, 0.717) is 4.32 Å². The van der Waals surface area contributed by atoms with Crippen molar-refractivity contribution in [3.63, 3.8) is 0 Å². The summed E-state index contributed by atoms with van der Waals surface area (Å²) in [4.78, 5) is 0. The van der Waals surface area contributed by atoms with Gasteiger partial charge in [0.25, 0.3) is 0 Å². The predicted molar refractivity (Wildman–Crippen MR) is 81.4 cm³/mol. The summed E-state index contributed by atoms with van der Waals surface area (Å²) in [6.07, 6.45) is 2.78. The number of hydrogen-bond acceptors (Lipinski definition) is 3. The summed E-state index contributed by atoms with van der Waals surface area (Å²) in [5, 5.41) is 3.22. The molecule has 0 amide bonds. The molecule has 0 atom stereocenters. The first-order chi connectivity index (χ1) is 8.18. The predicted octanol–water partition coefficient (Wildman–Crippen LogP) is 2.84.